The minimum absolute atomic E-state index is 0.145. The van der Waals surface area contributed by atoms with E-state index in [1.165, 1.54) is 6.08 Å². The maximum absolute atomic E-state index is 12.9. The molecule has 0 radical (unpaired) electrons. The third kappa shape index (κ3) is 5.28. The standard InChI is InChI=1S/C23H23NO3/c1-5-18(13-12-17(3)27-4)23(26)24-21-14-11-16(2)15-20(21)22(25)19-9-7-6-8-10-19/h5-15H,1H2,2-4H3,(H,24,26)/b17-12+,18-13+. The van der Waals surface area contributed by atoms with E-state index in [9.17, 15) is 9.59 Å². The molecule has 0 saturated heterocycles. The van der Waals surface area contributed by atoms with E-state index in [-0.39, 0.29) is 11.7 Å². The van der Waals surface area contributed by atoms with Gasteiger partial charge in [0.25, 0.3) is 5.91 Å². The van der Waals surface area contributed by atoms with Crippen molar-refractivity contribution in [3.05, 3.63) is 101 Å². The smallest absolute Gasteiger partial charge is 0.255 e. The van der Waals surface area contributed by atoms with Crippen LogP contribution in [0.2, 0.25) is 0 Å². The van der Waals surface area contributed by atoms with Gasteiger partial charge in [0.2, 0.25) is 0 Å². The summed E-state index contributed by atoms with van der Waals surface area (Å²) in [5.41, 5.74) is 2.77. The Morgan fingerprint density at radius 1 is 1.07 bits per heavy atom. The number of rotatable bonds is 7. The summed E-state index contributed by atoms with van der Waals surface area (Å²) in [6, 6.07) is 14.3. The number of hydrogen-bond acceptors (Lipinski definition) is 3. The molecule has 0 unspecified atom stereocenters. The summed E-state index contributed by atoms with van der Waals surface area (Å²) in [4.78, 5) is 25.5. The lowest BCUT2D eigenvalue weighted by Crippen LogP contribution is -2.16. The van der Waals surface area contributed by atoms with E-state index >= 15 is 0 Å². The van der Waals surface area contributed by atoms with Crippen LogP contribution in [0, 0.1) is 6.92 Å². The van der Waals surface area contributed by atoms with E-state index < -0.39 is 0 Å². The highest BCUT2D eigenvalue weighted by Gasteiger charge is 2.16. The molecule has 27 heavy (non-hydrogen) atoms. The fraction of sp³-hybridized carbons (Fsp3) is 0.130. The number of ether oxygens (including phenoxy) is 1. The van der Waals surface area contributed by atoms with Crippen LogP contribution in [0.1, 0.15) is 28.4 Å². The Morgan fingerprint density at radius 3 is 2.41 bits per heavy atom. The van der Waals surface area contributed by atoms with Crippen molar-refractivity contribution in [1.29, 1.82) is 0 Å². The van der Waals surface area contributed by atoms with Gasteiger partial charge in [-0.05, 0) is 38.1 Å². The zero-order chi connectivity index (χ0) is 19.8. The number of anilines is 1. The van der Waals surface area contributed by atoms with Crippen LogP contribution in [0.5, 0.6) is 0 Å². The van der Waals surface area contributed by atoms with Crippen molar-refractivity contribution in [3.8, 4) is 0 Å². The number of allylic oxidation sites excluding steroid dienone is 3. The number of hydrogen-bond donors (Lipinski definition) is 1. The van der Waals surface area contributed by atoms with Crippen LogP contribution in [0.3, 0.4) is 0 Å². The molecule has 2 rings (SSSR count). The SMILES string of the molecule is C=C/C(=C\C=C(/C)OC)C(=O)Nc1ccc(C)cc1C(=O)c1ccccc1. The fourth-order valence-corrected chi connectivity index (χ4v) is 2.41. The molecule has 0 aromatic heterocycles. The highest BCUT2D eigenvalue weighted by molar-refractivity contribution is 6.15. The van der Waals surface area contributed by atoms with Crippen LogP contribution in [0.15, 0.2) is 84.7 Å². The summed E-state index contributed by atoms with van der Waals surface area (Å²) in [6.07, 6.45) is 4.76. The van der Waals surface area contributed by atoms with E-state index in [0.717, 1.165) is 5.56 Å². The first-order chi connectivity index (χ1) is 13.0. The molecule has 4 heteroatoms. The summed E-state index contributed by atoms with van der Waals surface area (Å²) >= 11 is 0. The van der Waals surface area contributed by atoms with E-state index in [1.54, 1.807) is 50.5 Å². The number of carbonyl (C=O) groups excluding carboxylic acids is 2. The monoisotopic (exact) mass is 361 g/mol. The minimum atomic E-state index is -0.351. The van der Waals surface area contributed by atoms with Crippen molar-refractivity contribution in [2.24, 2.45) is 0 Å². The van der Waals surface area contributed by atoms with E-state index in [2.05, 4.69) is 11.9 Å². The molecule has 0 atom stereocenters. The molecule has 0 aliphatic carbocycles. The summed E-state index contributed by atoms with van der Waals surface area (Å²) < 4.78 is 5.06. The molecule has 0 saturated carbocycles. The predicted molar refractivity (Wildman–Crippen MR) is 109 cm³/mol. The van der Waals surface area contributed by atoms with Crippen LogP contribution < -0.4 is 5.32 Å². The number of ketones is 1. The Morgan fingerprint density at radius 2 is 1.78 bits per heavy atom. The third-order valence-electron chi connectivity index (χ3n) is 4.01. The van der Waals surface area contributed by atoms with Gasteiger partial charge in [0.15, 0.2) is 5.78 Å². The van der Waals surface area contributed by atoms with E-state index in [4.69, 9.17) is 4.74 Å². The topological polar surface area (TPSA) is 55.4 Å². The molecule has 2 aromatic carbocycles. The second kappa shape index (κ2) is 9.34. The first-order valence-corrected chi connectivity index (χ1v) is 8.53. The lowest BCUT2D eigenvalue weighted by molar-refractivity contribution is -0.112. The Kier molecular flexibility index (Phi) is 6.89. The summed E-state index contributed by atoms with van der Waals surface area (Å²) in [5, 5.41) is 2.81. The number of methoxy groups -OCH3 is 1. The molecule has 1 amide bonds. The molecule has 0 heterocycles. The van der Waals surface area contributed by atoms with Gasteiger partial charge in [-0.15, -0.1) is 0 Å². The first kappa shape index (κ1) is 19.9. The molecular weight excluding hydrogens is 338 g/mol. The molecule has 0 bridgehead atoms. The van der Waals surface area contributed by atoms with E-state index in [1.807, 2.05) is 31.2 Å². The lowest BCUT2D eigenvalue weighted by atomic mass is 9.99. The number of carbonyl (C=O) groups is 2. The second-order valence-electron chi connectivity index (χ2n) is 6.01. The number of amides is 1. The van der Waals surface area contributed by atoms with Gasteiger partial charge in [-0.3, -0.25) is 9.59 Å². The Bertz CT molecular complexity index is 908. The molecule has 4 nitrogen and oxygen atoms in total. The van der Waals surface area contributed by atoms with Crippen LogP contribution in [0.25, 0.3) is 0 Å². The average molecular weight is 361 g/mol. The van der Waals surface area contributed by atoms with Crippen LogP contribution >= 0.6 is 0 Å². The van der Waals surface area contributed by atoms with Gasteiger partial charge < -0.3 is 10.1 Å². The van der Waals surface area contributed by atoms with Gasteiger partial charge >= 0.3 is 0 Å². The second-order valence-corrected chi connectivity index (χ2v) is 6.01. The lowest BCUT2D eigenvalue weighted by Gasteiger charge is -2.12. The predicted octanol–water partition coefficient (Wildman–Crippen LogP) is 4.83. The Labute approximate surface area is 159 Å². The van der Waals surface area contributed by atoms with Crippen molar-refractivity contribution in [2.75, 3.05) is 12.4 Å². The molecule has 0 fully saturated rings. The van der Waals surface area contributed by atoms with Crippen LogP contribution in [-0.4, -0.2) is 18.8 Å². The van der Waals surface area contributed by atoms with Crippen molar-refractivity contribution < 1.29 is 14.3 Å². The fourth-order valence-electron chi connectivity index (χ4n) is 2.41. The normalized spacial score (nSPS) is 11.7. The maximum atomic E-state index is 12.9. The van der Waals surface area contributed by atoms with Gasteiger partial charge in [0.05, 0.1) is 18.6 Å². The van der Waals surface area contributed by atoms with Gasteiger partial charge in [-0.1, -0.05) is 54.6 Å². The zero-order valence-electron chi connectivity index (χ0n) is 15.8. The Hall–Kier alpha value is -3.40. The molecule has 138 valence electrons. The first-order valence-electron chi connectivity index (χ1n) is 8.53. The third-order valence-corrected chi connectivity index (χ3v) is 4.01. The average Bonchev–Trinajstić information content (AvgIpc) is 2.69. The molecule has 0 aliphatic heterocycles. The largest absolute Gasteiger partial charge is 0.501 e. The quantitative estimate of drug-likeness (QED) is 0.333. The van der Waals surface area contributed by atoms with Crippen LogP contribution in [0.4, 0.5) is 5.69 Å². The molecule has 0 aliphatic rings. The molecule has 1 N–H and O–H groups in total. The zero-order valence-corrected chi connectivity index (χ0v) is 15.8. The number of nitrogens with one attached hydrogen (secondary N) is 1. The van der Waals surface area contributed by atoms with Gasteiger partial charge in [-0.2, -0.15) is 0 Å². The molecule has 2 aromatic rings. The van der Waals surface area contributed by atoms with Crippen molar-refractivity contribution in [2.45, 2.75) is 13.8 Å². The summed E-state index contributed by atoms with van der Waals surface area (Å²) in [6.45, 7) is 7.37. The van der Waals surface area contributed by atoms with Gasteiger partial charge in [0.1, 0.15) is 0 Å². The van der Waals surface area contributed by atoms with Gasteiger partial charge in [0, 0.05) is 16.7 Å². The van der Waals surface area contributed by atoms with Gasteiger partial charge in [-0.25, -0.2) is 0 Å². The summed E-state index contributed by atoms with van der Waals surface area (Å²) in [5.74, 6) is 0.169. The Balaban J connectivity index is 2.35. The molecular formula is C23H23NO3. The molecule has 0 spiro atoms. The van der Waals surface area contributed by atoms with Crippen molar-refractivity contribution in [1.82, 2.24) is 0 Å². The van der Waals surface area contributed by atoms with Crippen molar-refractivity contribution >= 4 is 17.4 Å². The maximum Gasteiger partial charge on any atom is 0.255 e. The number of aryl methyl sites for hydroxylation is 1. The summed E-state index contributed by atoms with van der Waals surface area (Å²) in [7, 11) is 1.56. The number of benzene rings is 2. The van der Waals surface area contributed by atoms with Crippen molar-refractivity contribution in [3.63, 3.8) is 0 Å². The minimum Gasteiger partial charge on any atom is -0.501 e. The van der Waals surface area contributed by atoms with E-state index in [0.29, 0.717) is 28.1 Å². The van der Waals surface area contributed by atoms with Crippen LogP contribution in [-0.2, 0) is 9.53 Å². The highest BCUT2D eigenvalue weighted by Crippen LogP contribution is 2.22. The highest BCUT2D eigenvalue weighted by atomic mass is 16.5.